The molecule has 1 aliphatic carbocycles. The molecule has 1 aliphatic rings. The van der Waals surface area contributed by atoms with Gasteiger partial charge in [-0.15, -0.1) is 0 Å². The molecule has 0 atom stereocenters. The fraction of sp³-hybridized carbons (Fsp3) is 0.389. The number of ketones is 3. The predicted octanol–water partition coefficient (Wildman–Crippen LogP) is 3.44. The maximum atomic E-state index is 12.2. The second-order valence-corrected chi connectivity index (χ2v) is 5.75. The van der Waals surface area contributed by atoms with Crippen LogP contribution in [0.25, 0.3) is 0 Å². The van der Waals surface area contributed by atoms with Crippen molar-refractivity contribution in [3.63, 3.8) is 0 Å². The number of hydrogen-bond acceptors (Lipinski definition) is 4. The Morgan fingerprint density at radius 1 is 1.23 bits per heavy atom. The number of carbonyl (C=O) groups excluding carboxylic acids is 3. The lowest BCUT2D eigenvalue weighted by Gasteiger charge is -2.24. The molecule has 0 bridgehead atoms. The van der Waals surface area contributed by atoms with Gasteiger partial charge in [0.2, 0.25) is 0 Å². The van der Waals surface area contributed by atoms with Crippen molar-refractivity contribution in [2.45, 2.75) is 46.0 Å². The standard InChI is InChI=1S/C18H20O4/c1-4-15(20)18-16(21)8-13(9-17(18)22)14-7-12(11(3)19)6-5-10(14)2/h5-7,13,20H,4,8-9H2,1-3H3. The molecule has 0 spiro atoms. The molecule has 1 N–H and O–H groups in total. The molecule has 0 aliphatic heterocycles. The first-order chi connectivity index (χ1) is 10.3. The van der Waals surface area contributed by atoms with Gasteiger partial charge in [-0.1, -0.05) is 19.1 Å². The van der Waals surface area contributed by atoms with Crippen molar-refractivity contribution in [3.8, 4) is 0 Å². The molecule has 4 nitrogen and oxygen atoms in total. The van der Waals surface area contributed by atoms with E-state index in [9.17, 15) is 19.5 Å². The van der Waals surface area contributed by atoms with Crippen LogP contribution >= 0.6 is 0 Å². The zero-order valence-corrected chi connectivity index (χ0v) is 13.1. The SMILES string of the molecule is CCC(O)=C1C(=O)CC(c2cc(C(C)=O)ccc2C)CC1=O. The summed E-state index contributed by atoms with van der Waals surface area (Å²) in [7, 11) is 0. The minimum Gasteiger partial charge on any atom is -0.511 e. The zero-order valence-electron chi connectivity index (χ0n) is 13.1. The van der Waals surface area contributed by atoms with Crippen LogP contribution < -0.4 is 0 Å². The topological polar surface area (TPSA) is 71.4 Å². The van der Waals surface area contributed by atoms with E-state index < -0.39 is 0 Å². The quantitative estimate of drug-likeness (QED) is 0.402. The Morgan fingerprint density at radius 2 is 1.82 bits per heavy atom. The van der Waals surface area contributed by atoms with Crippen molar-refractivity contribution < 1.29 is 19.5 Å². The monoisotopic (exact) mass is 300 g/mol. The summed E-state index contributed by atoms with van der Waals surface area (Å²) < 4.78 is 0. The Labute approximate surface area is 129 Å². The number of allylic oxidation sites excluding steroid dienone is 2. The lowest BCUT2D eigenvalue weighted by Crippen LogP contribution is -2.26. The summed E-state index contributed by atoms with van der Waals surface area (Å²) in [4.78, 5) is 36.0. The molecule has 22 heavy (non-hydrogen) atoms. The molecule has 0 amide bonds. The zero-order chi connectivity index (χ0) is 16.4. The van der Waals surface area contributed by atoms with E-state index in [1.165, 1.54) is 6.92 Å². The molecule has 4 heteroatoms. The fourth-order valence-corrected chi connectivity index (χ4v) is 2.90. The summed E-state index contributed by atoms with van der Waals surface area (Å²) >= 11 is 0. The van der Waals surface area contributed by atoms with Crippen LogP contribution in [0.1, 0.15) is 60.5 Å². The predicted molar refractivity (Wildman–Crippen MR) is 83.1 cm³/mol. The Balaban J connectivity index is 2.38. The fourth-order valence-electron chi connectivity index (χ4n) is 2.90. The van der Waals surface area contributed by atoms with E-state index in [0.29, 0.717) is 5.56 Å². The molecule has 1 aromatic carbocycles. The third-order valence-electron chi connectivity index (χ3n) is 4.17. The molecule has 0 radical (unpaired) electrons. The summed E-state index contributed by atoms with van der Waals surface area (Å²) in [6, 6.07) is 5.37. The first-order valence-electron chi connectivity index (χ1n) is 7.45. The van der Waals surface area contributed by atoms with Gasteiger partial charge < -0.3 is 5.11 Å². The number of hydrogen-bond donors (Lipinski definition) is 1. The van der Waals surface area contributed by atoms with Crippen molar-refractivity contribution in [3.05, 3.63) is 46.2 Å². The number of Topliss-reactive ketones (excluding diaryl/α,β-unsaturated/α-hetero) is 3. The second kappa shape index (κ2) is 6.26. The first-order valence-corrected chi connectivity index (χ1v) is 7.45. The van der Waals surface area contributed by atoms with Crippen LogP contribution in [0.5, 0.6) is 0 Å². The second-order valence-electron chi connectivity index (χ2n) is 5.75. The van der Waals surface area contributed by atoms with Gasteiger partial charge in [0.25, 0.3) is 0 Å². The molecule has 1 aromatic rings. The van der Waals surface area contributed by atoms with E-state index in [4.69, 9.17) is 0 Å². The highest BCUT2D eigenvalue weighted by atomic mass is 16.3. The maximum Gasteiger partial charge on any atom is 0.170 e. The van der Waals surface area contributed by atoms with E-state index in [1.807, 2.05) is 13.0 Å². The molecule has 1 saturated carbocycles. The van der Waals surface area contributed by atoms with Crippen LogP contribution in [0.3, 0.4) is 0 Å². The van der Waals surface area contributed by atoms with Crippen molar-refractivity contribution in [2.24, 2.45) is 0 Å². The van der Waals surface area contributed by atoms with E-state index in [2.05, 4.69) is 0 Å². The lowest BCUT2D eigenvalue weighted by atomic mass is 9.77. The van der Waals surface area contributed by atoms with Crippen LogP contribution in [0.2, 0.25) is 0 Å². The van der Waals surface area contributed by atoms with Gasteiger partial charge in [-0.2, -0.15) is 0 Å². The summed E-state index contributed by atoms with van der Waals surface area (Å²) in [5.41, 5.74) is 2.37. The average molecular weight is 300 g/mol. The summed E-state index contributed by atoms with van der Waals surface area (Å²) in [5, 5.41) is 9.75. The van der Waals surface area contributed by atoms with Gasteiger partial charge in [-0.3, -0.25) is 14.4 Å². The summed E-state index contributed by atoms with van der Waals surface area (Å²) in [6.45, 7) is 5.10. The number of rotatable bonds is 3. The summed E-state index contributed by atoms with van der Waals surface area (Å²) in [6.07, 6.45) is 0.650. The molecule has 1 fully saturated rings. The van der Waals surface area contributed by atoms with Crippen LogP contribution in [-0.2, 0) is 9.59 Å². The number of aliphatic hydroxyl groups is 1. The molecule has 0 aromatic heterocycles. The molecule has 0 heterocycles. The smallest absolute Gasteiger partial charge is 0.170 e. The molecular weight excluding hydrogens is 280 g/mol. The van der Waals surface area contributed by atoms with E-state index in [1.54, 1.807) is 19.1 Å². The van der Waals surface area contributed by atoms with Gasteiger partial charge in [0.15, 0.2) is 17.3 Å². The first kappa shape index (κ1) is 16.1. The largest absolute Gasteiger partial charge is 0.511 e. The molecule has 0 saturated heterocycles. The van der Waals surface area contributed by atoms with Gasteiger partial charge in [-0.25, -0.2) is 0 Å². The normalized spacial score (nSPS) is 18.5. The van der Waals surface area contributed by atoms with Gasteiger partial charge in [-0.05, 0) is 37.0 Å². The van der Waals surface area contributed by atoms with Crippen LogP contribution in [0, 0.1) is 6.92 Å². The Bertz CT molecular complexity index is 662. The highest BCUT2D eigenvalue weighted by molar-refractivity contribution is 6.22. The third kappa shape index (κ3) is 3.01. The minimum atomic E-state index is -0.312. The molecule has 116 valence electrons. The van der Waals surface area contributed by atoms with Crippen LogP contribution in [-0.4, -0.2) is 22.5 Å². The highest BCUT2D eigenvalue weighted by Crippen LogP contribution is 2.34. The number of carbonyl (C=O) groups is 3. The molecule has 2 rings (SSSR count). The minimum absolute atomic E-state index is 0.0425. The van der Waals surface area contributed by atoms with Gasteiger partial charge in [0.1, 0.15) is 5.76 Å². The molecular formula is C18H20O4. The van der Waals surface area contributed by atoms with E-state index in [0.717, 1.165) is 11.1 Å². The van der Waals surface area contributed by atoms with Crippen molar-refractivity contribution in [2.75, 3.05) is 0 Å². The Hall–Kier alpha value is -2.23. The number of benzene rings is 1. The average Bonchev–Trinajstić information content (AvgIpc) is 2.46. The third-order valence-corrected chi connectivity index (χ3v) is 4.17. The van der Waals surface area contributed by atoms with Crippen molar-refractivity contribution in [1.29, 1.82) is 0 Å². The van der Waals surface area contributed by atoms with E-state index in [-0.39, 0.29) is 53.9 Å². The molecule has 0 unspecified atom stereocenters. The Kier molecular flexibility index (Phi) is 4.59. The number of aryl methyl sites for hydroxylation is 1. The van der Waals surface area contributed by atoms with Crippen molar-refractivity contribution >= 4 is 17.3 Å². The van der Waals surface area contributed by atoms with Gasteiger partial charge in [0.05, 0.1) is 5.57 Å². The number of aliphatic hydroxyl groups excluding tert-OH is 1. The summed E-state index contributed by atoms with van der Waals surface area (Å²) in [5.74, 6) is -1.02. The van der Waals surface area contributed by atoms with E-state index >= 15 is 0 Å². The lowest BCUT2D eigenvalue weighted by molar-refractivity contribution is -0.124. The van der Waals surface area contributed by atoms with Crippen LogP contribution in [0.4, 0.5) is 0 Å². The highest BCUT2D eigenvalue weighted by Gasteiger charge is 2.34. The van der Waals surface area contributed by atoms with Crippen molar-refractivity contribution in [1.82, 2.24) is 0 Å². The van der Waals surface area contributed by atoms with Gasteiger partial charge in [0, 0.05) is 24.8 Å². The van der Waals surface area contributed by atoms with Gasteiger partial charge >= 0.3 is 0 Å². The Morgan fingerprint density at radius 3 is 2.32 bits per heavy atom. The maximum absolute atomic E-state index is 12.2. The van der Waals surface area contributed by atoms with Crippen LogP contribution in [0.15, 0.2) is 29.5 Å².